The van der Waals surface area contributed by atoms with Crippen molar-refractivity contribution >= 4 is 40.7 Å². The summed E-state index contributed by atoms with van der Waals surface area (Å²) in [6.45, 7) is 1.54. The molecule has 3 atom stereocenters. The number of fused-ring (bicyclic) bond motifs is 1. The number of nitrogens with one attached hydrogen (secondary N) is 2. The van der Waals surface area contributed by atoms with Gasteiger partial charge in [-0.1, -0.05) is 11.6 Å². The maximum absolute atomic E-state index is 13.2. The molecule has 1 aliphatic heterocycles. The lowest BCUT2D eigenvalue weighted by molar-refractivity contribution is -0.134. The third-order valence-corrected chi connectivity index (χ3v) is 7.94. The molecular formula is C25H32ClN5O4S. The molecule has 0 bridgehead atoms. The zero-order valence-electron chi connectivity index (χ0n) is 20.8. The van der Waals surface area contributed by atoms with E-state index in [9.17, 15) is 14.4 Å². The topological polar surface area (TPSA) is 104 Å². The van der Waals surface area contributed by atoms with Crippen molar-refractivity contribution in [2.45, 2.75) is 44.3 Å². The summed E-state index contributed by atoms with van der Waals surface area (Å²) >= 11 is 7.31. The summed E-state index contributed by atoms with van der Waals surface area (Å²) in [5.74, 6) is -0.214. The van der Waals surface area contributed by atoms with Crippen LogP contribution in [-0.2, 0) is 22.6 Å². The number of carbonyl (C=O) groups is 3. The third-order valence-electron chi connectivity index (χ3n) is 6.60. The van der Waals surface area contributed by atoms with Crippen LogP contribution in [0.1, 0.15) is 39.6 Å². The van der Waals surface area contributed by atoms with Crippen LogP contribution in [0.4, 0.5) is 0 Å². The van der Waals surface area contributed by atoms with E-state index in [0.717, 1.165) is 30.1 Å². The molecule has 0 radical (unpaired) electrons. The number of rotatable bonds is 7. The SMILES string of the molecule is CN1CCc2nc(C(=O)N[C@@H]3C[C@@H](C(=O)N(C)C)CC[C@@H]3NC(=O)COc3ccc(Cl)cc3)sc2C1. The number of hydrogen-bond acceptors (Lipinski definition) is 7. The van der Waals surface area contributed by atoms with E-state index in [4.69, 9.17) is 16.3 Å². The minimum atomic E-state index is -0.400. The summed E-state index contributed by atoms with van der Waals surface area (Å²) in [5, 5.41) is 7.08. The lowest BCUT2D eigenvalue weighted by atomic mass is 9.81. The van der Waals surface area contributed by atoms with E-state index >= 15 is 0 Å². The Hall–Kier alpha value is -2.69. The molecule has 1 saturated carbocycles. The molecule has 0 unspecified atom stereocenters. The monoisotopic (exact) mass is 533 g/mol. The summed E-state index contributed by atoms with van der Waals surface area (Å²) in [5.41, 5.74) is 0.983. The number of halogens is 1. The van der Waals surface area contributed by atoms with Crippen molar-refractivity contribution in [3.63, 3.8) is 0 Å². The van der Waals surface area contributed by atoms with E-state index in [0.29, 0.717) is 35.0 Å². The number of benzene rings is 1. The predicted molar refractivity (Wildman–Crippen MR) is 138 cm³/mol. The van der Waals surface area contributed by atoms with Crippen LogP contribution in [0.25, 0.3) is 0 Å². The lowest BCUT2D eigenvalue weighted by Gasteiger charge is -2.37. The summed E-state index contributed by atoms with van der Waals surface area (Å²) in [6.07, 6.45) is 2.47. The molecule has 0 saturated heterocycles. The number of likely N-dealkylation sites (N-methyl/N-ethyl adjacent to an activating group) is 1. The molecule has 3 amide bonds. The second-order valence-corrected chi connectivity index (χ2v) is 11.1. The van der Waals surface area contributed by atoms with Gasteiger partial charge in [0.1, 0.15) is 5.75 Å². The third kappa shape index (κ3) is 6.54. The molecule has 9 nitrogen and oxygen atoms in total. The largest absolute Gasteiger partial charge is 0.484 e. The molecule has 1 aliphatic carbocycles. The van der Waals surface area contributed by atoms with Crippen molar-refractivity contribution in [2.75, 3.05) is 34.3 Å². The van der Waals surface area contributed by atoms with E-state index in [1.165, 1.54) is 11.3 Å². The Morgan fingerprint density at radius 1 is 1.17 bits per heavy atom. The van der Waals surface area contributed by atoms with Crippen LogP contribution < -0.4 is 15.4 Å². The molecule has 194 valence electrons. The molecule has 2 heterocycles. The number of aromatic nitrogens is 1. The van der Waals surface area contributed by atoms with Crippen LogP contribution >= 0.6 is 22.9 Å². The molecule has 2 N–H and O–H groups in total. The quantitative estimate of drug-likeness (QED) is 0.566. The molecule has 4 rings (SSSR count). The van der Waals surface area contributed by atoms with Crippen LogP contribution in [0.5, 0.6) is 5.75 Å². The first kappa shape index (κ1) is 26.4. The first-order valence-electron chi connectivity index (χ1n) is 12.1. The van der Waals surface area contributed by atoms with Gasteiger partial charge in [0.15, 0.2) is 11.6 Å². The highest BCUT2D eigenvalue weighted by molar-refractivity contribution is 7.13. The Labute approximate surface area is 220 Å². The minimum absolute atomic E-state index is 0.0258. The van der Waals surface area contributed by atoms with Crippen molar-refractivity contribution in [2.24, 2.45) is 5.92 Å². The fraction of sp³-hybridized carbons (Fsp3) is 0.520. The van der Waals surface area contributed by atoms with Gasteiger partial charge in [0.2, 0.25) is 5.91 Å². The summed E-state index contributed by atoms with van der Waals surface area (Å²) in [6, 6.07) is 6.06. The zero-order chi connectivity index (χ0) is 25.8. The number of ether oxygens (including phenoxy) is 1. The van der Waals surface area contributed by atoms with Gasteiger partial charge in [-0.15, -0.1) is 11.3 Å². The fourth-order valence-electron chi connectivity index (χ4n) is 4.67. The minimum Gasteiger partial charge on any atom is -0.484 e. The molecule has 2 aromatic rings. The van der Waals surface area contributed by atoms with Gasteiger partial charge in [0.25, 0.3) is 11.8 Å². The first-order chi connectivity index (χ1) is 17.2. The van der Waals surface area contributed by atoms with Gasteiger partial charge in [-0.2, -0.15) is 0 Å². The Bertz CT molecular complexity index is 1110. The highest BCUT2D eigenvalue weighted by Gasteiger charge is 2.37. The summed E-state index contributed by atoms with van der Waals surface area (Å²) in [7, 11) is 5.51. The molecule has 1 fully saturated rings. The highest BCUT2D eigenvalue weighted by atomic mass is 35.5. The Morgan fingerprint density at radius 2 is 1.92 bits per heavy atom. The predicted octanol–water partition coefficient (Wildman–Crippen LogP) is 2.33. The lowest BCUT2D eigenvalue weighted by Crippen LogP contribution is -2.56. The van der Waals surface area contributed by atoms with Crippen LogP contribution in [0.2, 0.25) is 5.02 Å². The van der Waals surface area contributed by atoms with E-state index in [1.807, 2.05) is 0 Å². The summed E-state index contributed by atoms with van der Waals surface area (Å²) in [4.78, 5) is 48.0. The fourth-order valence-corrected chi connectivity index (χ4v) is 5.89. The van der Waals surface area contributed by atoms with Gasteiger partial charge >= 0.3 is 0 Å². The first-order valence-corrected chi connectivity index (χ1v) is 13.3. The zero-order valence-corrected chi connectivity index (χ0v) is 22.3. The van der Waals surface area contributed by atoms with E-state index < -0.39 is 6.04 Å². The molecular weight excluding hydrogens is 502 g/mol. The van der Waals surface area contributed by atoms with Gasteiger partial charge in [-0.25, -0.2) is 4.98 Å². The molecule has 2 aliphatic rings. The second-order valence-electron chi connectivity index (χ2n) is 9.62. The standard InChI is InChI=1S/C25H32ClN5O4S/c1-30(2)25(34)15-4-9-18(27-22(32)14-35-17-7-5-16(26)6-8-17)20(12-15)28-23(33)24-29-19-10-11-31(3)13-21(19)36-24/h5-8,15,18,20H,4,9-14H2,1-3H3,(H,27,32)(H,28,33)/t15-,18-,20+/m0/s1. The van der Waals surface area contributed by atoms with Crippen LogP contribution in [0, 0.1) is 5.92 Å². The average molecular weight is 534 g/mol. The van der Waals surface area contributed by atoms with E-state index in [2.05, 4.69) is 27.6 Å². The van der Waals surface area contributed by atoms with Crippen LogP contribution in [-0.4, -0.2) is 78.9 Å². The Balaban J connectivity index is 1.42. The number of thiazole rings is 1. The van der Waals surface area contributed by atoms with Crippen molar-refractivity contribution in [1.82, 2.24) is 25.4 Å². The average Bonchev–Trinajstić information content (AvgIpc) is 3.27. The van der Waals surface area contributed by atoms with E-state index in [-0.39, 0.29) is 36.3 Å². The molecule has 11 heteroatoms. The number of nitrogens with zero attached hydrogens (tertiary/aromatic N) is 3. The second kappa shape index (κ2) is 11.6. The highest BCUT2D eigenvalue weighted by Crippen LogP contribution is 2.28. The maximum atomic E-state index is 13.2. The van der Waals surface area contributed by atoms with Gasteiger partial charge in [-0.05, 0) is 50.6 Å². The van der Waals surface area contributed by atoms with Crippen molar-refractivity contribution < 1.29 is 19.1 Å². The Kier molecular flexibility index (Phi) is 8.48. The van der Waals surface area contributed by atoms with Crippen LogP contribution in [0.3, 0.4) is 0 Å². The molecule has 36 heavy (non-hydrogen) atoms. The maximum Gasteiger partial charge on any atom is 0.280 e. The van der Waals surface area contributed by atoms with Crippen LogP contribution in [0.15, 0.2) is 24.3 Å². The van der Waals surface area contributed by atoms with Crippen molar-refractivity contribution in [1.29, 1.82) is 0 Å². The van der Waals surface area contributed by atoms with E-state index in [1.54, 1.807) is 43.3 Å². The van der Waals surface area contributed by atoms with Crippen molar-refractivity contribution in [3.8, 4) is 5.75 Å². The Morgan fingerprint density at radius 3 is 2.64 bits per heavy atom. The van der Waals surface area contributed by atoms with Gasteiger partial charge in [-0.3, -0.25) is 14.4 Å². The van der Waals surface area contributed by atoms with Gasteiger partial charge < -0.3 is 25.2 Å². The number of carbonyl (C=O) groups excluding carboxylic acids is 3. The van der Waals surface area contributed by atoms with Gasteiger partial charge in [0.05, 0.1) is 11.7 Å². The number of amides is 3. The smallest absolute Gasteiger partial charge is 0.280 e. The normalized spacial score (nSPS) is 21.8. The van der Waals surface area contributed by atoms with Crippen molar-refractivity contribution in [3.05, 3.63) is 44.9 Å². The molecule has 1 aromatic carbocycles. The number of hydrogen-bond donors (Lipinski definition) is 2. The van der Waals surface area contributed by atoms with Gasteiger partial charge in [0, 0.05) is 55.5 Å². The summed E-state index contributed by atoms with van der Waals surface area (Å²) < 4.78 is 5.56. The molecule has 1 aromatic heterocycles. The molecule has 0 spiro atoms.